The molecule has 0 fully saturated rings. The normalized spacial score (nSPS) is 11.2. The summed E-state index contributed by atoms with van der Waals surface area (Å²) in [5.74, 6) is 2.68. The average Bonchev–Trinajstić information content (AvgIpc) is 3.16. The first-order valence-corrected chi connectivity index (χ1v) is 9.86. The van der Waals surface area contributed by atoms with Gasteiger partial charge >= 0.3 is 0 Å². The number of hydrogen-bond donors (Lipinski definition) is 2. The fourth-order valence-electron chi connectivity index (χ4n) is 2.61. The van der Waals surface area contributed by atoms with Gasteiger partial charge in [-0.25, -0.2) is 0 Å². The molecule has 148 valence electrons. The fourth-order valence-corrected chi connectivity index (χ4v) is 3.51. The van der Waals surface area contributed by atoms with Crippen LogP contribution in [0.2, 0.25) is 0 Å². The van der Waals surface area contributed by atoms with E-state index >= 15 is 0 Å². The maximum atomic E-state index is 5.65. The minimum Gasteiger partial charge on any atom is -0.493 e. The summed E-state index contributed by atoms with van der Waals surface area (Å²) in [6.07, 6.45) is 1.07. The van der Waals surface area contributed by atoms with Gasteiger partial charge in [-0.2, -0.15) is 0 Å². The maximum Gasteiger partial charge on any atom is 0.203 e. The third kappa shape index (κ3) is 5.79. The molecule has 2 rings (SSSR count). The molecule has 0 amide bonds. The Bertz CT molecular complexity index is 734. The molecule has 1 aromatic carbocycles. The summed E-state index contributed by atoms with van der Waals surface area (Å²) in [5.41, 5.74) is 1.01. The zero-order chi connectivity index (χ0) is 19.6. The highest BCUT2D eigenvalue weighted by Crippen LogP contribution is 2.38. The Balaban J connectivity index is 2.00. The van der Waals surface area contributed by atoms with Gasteiger partial charge in [0.2, 0.25) is 5.75 Å². The number of hydrogen-bond acceptors (Lipinski definition) is 5. The van der Waals surface area contributed by atoms with E-state index in [0.29, 0.717) is 30.4 Å². The highest BCUT2D eigenvalue weighted by Gasteiger charge is 2.14. The first kappa shape index (κ1) is 20.9. The molecular weight excluding hydrogens is 362 g/mol. The van der Waals surface area contributed by atoms with Crippen LogP contribution in [0, 0.1) is 0 Å². The van der Waals surface area contributed by atoms with Crippen LogP contribution in [0.3, 0.4) is 0 Å². The van der Waals surface area contributed by atoms with Crippen molar-refractivity contribution in [3.05, 3.63) is 39.6 Å². The van der Waals surface area contributed by atoms with Crippen molar-refractivity contribution in [2.45, 2.75) is 33.4 Å². The number of ether oxygens (including phenoxy) is 3. The second-order valence-electron chi connectivity index (χ2n) is 5.76. The molecule has 0 aliphatic heterocycles. The third-order valence-electron chi connectivity index (χ3n) is 3.99. The zero-order valence-corrected chi connectivity index (χ0v) is 17.5. The Morgan fingerprint density at radius 1 is 1.00 bits per heavy atom. The summed E-state index contributed by atoms with van der Waals surface area (Å²) in [6.45, 7) is 5.98. The van der Waals surface area contributed by atoms with Crippen LogP contribution in [0.15, 0.2) is 29.3 Å². The smallest absolute Gasteiger partial charge is 0.203 e. The monoisotopic (exact) mass is 391 g/mol. The standard InChI is InChI=1S/C20H29N3O3S/c1-6-15-8-9-16(27-15)13-23-20(21-3)22-12-14-10-17(24-4)19(26-7-2)18(11-14)25-5/h8-11H,6-7,12-13H2,1-5H3,(H2,21,22,23). The molecule has 2 aromatic rings. The number of aliphatic imine (C=N–C) groups is 1. The number of methoxy groups -OCH3 is 2. The predicted octanol–water partition coefficient (Wildman–Crippen LogP) is 3.59. The first-order chi connectivity index (χ1) is 13.1. The molecule has 2 N–H and O–H groups in total. The van der Waals surface area contributed by atoms with Crippen molar-refractivity contribution in [2.75, 3.05) is 27.9 Å². The molecule has 1 aromatic heterocycles. The van der Waals surface area contributed by atoms with Gasteiger partial charge in [0.25, 0.3) is 0 Å². The number of benzene rings is 1. The van der Waals surface area contributed by atoms with Crippen molar-refractivity contribution in [3.63, 3.8) is 0 Å². The minimum atomic E-state index is 0.545. The second kappa shape index (κ2) is 10.7. The number of aryl methyl sites for hydroxylation is 1. The van der Waals surface area contributed by atoms with Gasteiger partial charge in [-0.15, -0.1) is 11.3 Å². The van der Waals surface area contributed by atoms with E-state index in [1.165, 1.54) is 9.75 Å². The Kier molecular flexibility index (Phi) is 8.26. The van der Waals surface area contributed by atoms with Crippen LogP contribution < -0.4 is 24.8 Å². The van der Waals surface area contributed by atoms with E-state index < -0.39 is 0 Å². The van der Waals surface area contributed by atoms with Gasteiger partial charge in [0.1, 0.15) is 0 Å². The lowest BCUT2D eigenvalue weighted by Gasteiger charge is -2.16. The van der Waals surface area contributed by atoms with E-state index in [1.807, 2.05) is 30.4 Å². The van der Waals surface area contributed by atoms with Crippen LogP contribution in [0.1, 0.15) is 29.2 Å². The summed E-state index contributed by atoms with van der Waals surface area (Å²) in [4.78, 5) is 6.97. The van der Waals surface area contributed by atoms with Gasteiger partial charge in [0, 0.05) is 23.3 Å². The summed E-state index contributed by atoms with van der Waals surface area (Å²) < 4.78 is 16.6. The molecule has 6 nitrogen and oxygen atoms in total. The van der Waals surface area contributed by atoms with Crippen LogP contribution in [-0.2, 0) is 19.5 Å². The van der Waals surface area contributed by atoms with Gasteiger partial charge in [-0.05, 0) is 43.2 Å². The summed E-state index contributed by atoms with van der Waals surface area (Å²) in [7, 11) is 5.02. The summed E-state index contributed by atoms with van der Waals surface area (Å²) in [6, 6.07) is 8.23. The maximum absolute atomic E-state index is 5.65. The van der Waals surface area contributed by atoms with E-state index in [2.05, 4.69) is 34.7 Å². The van der Waals surface area contributed by atoms with E-state index in [1.54, 1.807) is 21.3 Å². The van der Waals surface area contributed by atoms with Crippen LogP contribution in [-0.4, -0.2) is 33.8 Å². The van der Waals surface area contributed by atoms with Crippen LogP contribution >= 0.6 is 11.3 Å². The van der Waals surface area contributed by atoms with Gasteiger partial charge in [-0.3, -0.25) is 4.99 Å². The van der Waals surface area contributed by atoms with Crippen molar-refractivity contribution in [3.8, 4) is 17.2 Å². The van der Waals surface area contributed by atoms with Crippen LogP contribution in [0.25, 0.3) is 0 Å². The zero-order valence-electron chi connectivity index (χ0n) is 16.7. The predicted molar refractivity (Wildman–Crippen MR) is 111 cm³/mol. The molecular formula is C20H29N3O3S. The van der Waals surface area contributed by atoms with E-state index in [4.69, 9.17) is 14.2 Å². The Morgan fingerprint density at radius 3 is 2.15 bits per heavy atom. The highest BCUT2D eigenvalue weighted by molar-refractivity contribution is 7.11. The molecule has 0 saturated heterocycles. The fraction of sp³-hybridized carbons (Fsp3) is 0.450. The van der Waals surface area contributed by atoms with Crippen molar-refractivity contribution >= 4 is 17.3 Å². The van der Waals surface area contributed by atoms with Crippen LogP contribution in [0.4, 0.5) is 0 Å². The second-order valence-corrected chi connectivity index (χ2v) is 7.02. The molecule has 0 unspecified atom stereocenters. The topological polar surface area (TPSA) is 64.1 Å². The highest BCUT2D eigenvalue weighted by atomic mass is 32.1. The lowest BCUT2D eigenvalue weighted by atomic mass is 10.2. The van der Waals surface area contributed by atoms with Gasteiger partial charge in [0.05, 0.1) is 27.4 Å². The largest absolute Gasteiger partial charge is 0.493 e. The third-order valence-corrected chi connectivity index (χ3v) is 5.22. The molecule has 7 heteroatoms. The number of thiophene rings is 1. The quantitative estimate of drug-likeness (QED) is 0.505. The molecule has 1 heterocycles. The molecule has 0 saturated carbocycles. The number of nitrogens with one attached hydrogen (secondary N) is 2. The molecule has 0 spiro atoms. The van der Waals surface area contributed by atoms with E-state index in [-0.39, 0.29) is 0 Å². The lowest BCUT2D eigenvalue weighted by Crippen LogP contribution is -2.36. The minimum absolute atomic E-state index is 0.545. The molecule has 0 aliphatic rings. The van der Waals surface area contributed by atoms with Gasteiger partial charge < -0.3 is 24.8 Å². The number of guanidine groups is 1. The van der Waals surface area contributed by atoms with Crippen molar-refractivity contribution < 1.29 is 14.2 Å². The molecule has 27 heavy (non-hydrogen) atoms. The van der Waals surface area contributed by atoms with Crippen molar-refractivity contribution in [1.29, 1.82) is 0 Å². The van der Waals surface area contributed by atoms with E-state index in [0.717, 1.165) is 24.5 Å². The number of rotatable bonds is 9. The lowest BCUT2D eigenvalue weighted by molar-refractivity contribution is 0.288. The van der Waals surface area contributed by atoms with Crippen molar-refractivity contribution in [2.24, 2.45) is 4.99 Å². The molecule has 0 aliphatic carbocycles. The molecule has 0 atom stereocenters. The SMILES string of the molecule is CCOc1c(OC)cc(CNC(=NC)NCc2ccc(CC)s2)cc1OC. The number of nitrogens with zero attached hydrogens (tertiary/aromatic N) is 1. The molecule has 0 bridgehead atoms. The molecule has 0 radical (unpaired) electrons. The van der Waals surface area contributed by atoms with Crippen molar-refractivity contribution in [1.82, 2.24) is 10.6 Å². The Hall–Kier alpha value is -2.41. The van der Waals surface area contributed by atoms with Crippen LogP contribution in [0.5, 0.6) is 17.2 Å². The van der Waals surface area contributed by atoms with Gasteiger partial charge in [0.15, 0.2) is 17.5 Å². The Morgan fingerprint density at radius 2 is 1.63 bits per heavy atom. The average molecular weight is 392 g/mol. The van der Waals surface area contributed by atoms with E-state index in [9.17, 15) is 0 Å². The first-order valence-electron chi connectivity index (χ1n) is 9.04. The van der Waals surface area contributed by atoms with Gasteiger partial charge in [-0.1, -0.05) is 6.92 Å². The summed E-state index contributed by atoms with van der Waals surface area (Å²) in [5, 5.41) is 6.67. The Labute approximate surface area is 165 Å². The summed E-state index contributed by atoms with van der Waals surface area (Å²) >= 11 is 1.82.